The first-order chi connectivity index (χ1) is 32.7. The SMILES string of the molecule is Bc1c(B)c(B)c2c(c1B)c1c(B)c(-c3ccc4c(c3)c3c(-c5ccccc5)cccc3n4-c3ccc(-c4ccccc4)cc3)c(B)c(B)c1n2-c1ccc(-c2ccccc2)c2ccccc12. The molecule has 9 heteroatoms. The van der Waals surface area contributed by atoms with Crippen LogP contribution in [0.25, 0.3) is 110 Å². The van der Waals surface area contributed by atoms with E-state index in [-0.39, 0.29) is 0 Å². The van der Waals surface area contributed by atoms with Crippen LogP contribution in [0, 0.1) is 0 Å². The van der Waals surface area contributed by atoms with Crippen molar-refractivity contribution in [3.63, 3.8) is 0 Å². The van der Waals surface area contributed by atoms with Gasteiger partial charge in [-0.15, -0.1) is 5.46 Å². The van der Waals surface area contributed by atoms with E-state index in [0.29, 0.717) is 0 Å². The van der Waals surface area contributed by atoms with Crippen molar-refractivity contribution in [1.29, 1.82) is 0 Å². The Bertz CT molecular complexity index is 3970. The molecular formula is C58H45B7N2. The lowest BCUT2D eigenvalue weighted by atomic mass is 9.64. The highest BCUT2D eigenvalue weighted by molar-refractivity contribution is 6.69. The predicted molar refractivity (Wildman–Crippen MR) is 312 cm³/mol. The van der Waals surface area contributed by atoms with Crippen LogP contribution in [0.5, 0.6) is 0 Å². The zero-order valence-electron chi connectivity index (χ0n) is 39.3. The zero-order valence-corrected chi connectivity index (χ0v) is 39.3. The molecule has 10 aromatic carbocycles. The molecule has 67 heavy (non-hydrogen) atoms. The van der Waals surface area contributed by atoms with Gasteiger partial charge in [0.05, 0.1) is 16.7 Å². The summed E-state index contributed by atoms with van der Waals surface area (Å²) in [7, 11) is 16.4. The van der Waals surface area contributed by atoms with Gasteiger partial charge < -0.3 is 9.13 Å². The van der Waals surface area contributed by atoms with Gasteiger partial charge in [0.15, 0.2) is 0 Å². The van der Waals surface area contributed by atoms with Crippen molar-refractivity contribution >= 4 is 148 Å². The Morgan fingerprint density at radius 1 is 0.284 bits per heavy atom. The van der Waals surface area contributed by atoms with E-state index < -0.39 is 0 Å². The van der Waals surface area contributed by atoms with Gasteiger partial charge in [-0.3, -0.25) is 0 Å². The number of nitrogens with zero attached hydrogens (tertiary/aromatic N) is 2. The van der Waals surface area contributed by atoms with E-state index in [1.54, 1.807) is 0 Å². The van der Waals surface area contributed by atoms with Gasteiger partial charge in [-0.05, 0) is 91.7 Å². The quantitative estimate of drug-likeness (QED) is 0.227. The molecule has 0 aliphatic heterocycles. The molecule has 2 nitrogen and oxygen atoms in total. The Hall–Kier alpha value is -7.49. The molecule has 2 heterocycles. The molecule has 0 saturated heterocycles. The standard InChI is InChI=1S/C58H45B7N2/c59-50-46(36-25-29-44-42(31-36)47-39(35-17-8-3-9-18-35)21-12-22-45(47)66(44)37-26-23-33(24-27-37)32-13-4-1-5-14-32)51(60)55(64)57-48(50)49-52(61)53(62)54(63)56(65)58(49)67(57)43-30-28-38(34-15-6-2-7-16-34)40-19-10-11-20-41(40)43/h1-31H,59-65H2. The van der Waals surface area contributed by atoms with Gasteiger partial charge in [0.1, 0.15) is 54.9 Å². The normalized spacial score (nSPS) is 11.7. The molecule has 0 spiro atoms. The summed E-state index contributed by atoms with van der Waals surface area (Å²) in [6.45, 7) is 0. The van der Waals surface area contributed by atoms with E-state index in [0.717, 1.165) is 5.69 Å². The average molecular weight is 846 g/mol. The van der Waals surface area contributed by atoms with Crippen molar-refractivity contribution < 1.29 is 0 Å². The van der Waals surface area contributed by atoms with E-state index >= 15 is 0 Å². The van der Waals surface area contributed by atoms with Crippen LogP contribution in [-0.4, -0.2) is 64.1 Å². The summed E-state index contributed by atoms with van der Waals surface area (Å²) in [5.41, 5.74) is 26.7. The molecule has 2 aromatic heterocycles. The summed E-state index contributed by atoms with van der Waals surface area (Å²) < 4.78 is 5.09. The summed E-state index contributed by atoms with van der Waals surface area (Å²) in [6, 6.07) is 69.1. The van der Waals surface area contributed by atoms with E-state index in [2.05, 4.69) is 252 Å². The maximum Gasteiger partial charge on any atom is 0.141 e. The summed E-state index contributed by atoms with van der Waals surface area (Å²) >= 11 is 0. The van der Waals surface area contributed by atoms with E-state index in [1.165, 1.54) is 143 Å². The van der Waals surface area contributed by atoms with Gasteiger partial charge >= 0.3 is 0 Å². The van der Waals surface area contributed by atoms with Crippen LogP contribution in [0.4, 0.5) is 0 Å². The number of fused-ring (bicyclic) bond motifs is 7. The Morgan fingerprint density at radius 3 is 1.49 bits per heavy atom. The predicted octanol–water partition coefficient (Wildman–Crippen LogP) is 3.51. The Balaban J connectivity index is 1.14. The van der Waals surface area contributed by atoms with Crippen LogP contribution in [0.2, 0.25) is 0 Å². The van der Waals surface area contributed by atoms with Gasteiger partial charge in [-0.25, -0.2) is 0 Å². The highest BCUT2D eigenvalue weighted by atomic mass is 15.0. The van der Waals surface area contributed by atoms with Crippen LogP contribution >= 0.6 is 0 Å². The van der Waals surface area contributed by atoms with E-state index in [9.17, 15) is 0 Å². The maximum absolute atomic E-state index is 2.63. The minimum atomic E-state index is 1.15. The van der Waals surface area contributed by atoms with Crippen molar-refractivity contribution in [1.82, 2.24) is 9.13 Å². The van der Waals surface area contributed by atoms with Crippen molar-refractivity contribution in [3.05, 3.63) is 188 Å². The van der Waals surface area contributed by atoms with E-state index in [1.807, 2.05) is 0 Å². The monoisotopic (exact) mass is 846 g/mol. The Labute approximate surface area is 398 Å². The van der Waals surface area contributed by atoms with Gasteiger partial charge in [0.25, 0.3) is 0 Å². The second kappa shape index (κ2) is 15.8. The second-order valence-corrected chi connectivity index (χ2v) is 18.6. The molecule has 0 fully saturated rings. The molecule has 0 bridgehead atoms. The third-order valence-electron chi connectivity index (χ3n) is 15.3. The fourth-order valence-corrected chi connectivity index (χ4v) is 11.5. The first kappa shape index (κ1) is 41.0. The molecule has 0 N–H and O–H groups in total. The van der Waals surface area contributed by atoms with Gasteiger partial charge in [0.2, 0.25) is 0 Å². The molecule has 12 aromatic rings. The fraction of sp³-hybridized carbons (Fsp3) is 0. The molecule has 0 amide bonds. The van der Waals surface area contributed by atoms with Crippen molar-refractivity contribution in [2.75, 3.05) is 0 Å². The highest BCUT2D eigenvalue weighted by Crippen LogP contribution is 2.41. The summed E-state index contributed by atoms with van der Waals surface area (Å²) in [6.07, 6.45) is 0. The molecule has 12 rings (SSSR count). The lowest BCUT2D eigenvalue weighted by Crippen LogP contribution is -2.48. The molecule has 0 aliphatic rings. The molecular weight excluding hydrogens is 800 g/mol. The van der Waals surface area contributed by atoms with Crippen LogP contribution in [0.15, 0.2) is 188 Å². The number of hydrogen-bond acceptors (Lipinski definition) is 0. The Morgan fingerprint density at radius 2 is 0.821 bits per heavy atom. The first-order valence-electron chi connectivity index (χ1n) is 23.6. The van der Waals surface area contributed by atoms with Crippen molar-refractivity contribution in [2.45, 2.75) is 0 Å². The molecule has 0 radical (unpaired) electrons. The topological polar surface area (TPSA) is 9.86 Å². The van der Waals surface area contributed by atoms with Crippen LogP contribution in [0.3, 0.4) is 0 Å². The number of benzene rings is 10. The maximum atomic E-state index is 2.63. The van der Waals surface area contributed by atoms with Crippen LogP contribution in [-0.2, 0) is 0 Å². The average Bonchev–Trinajstić information content (AvgIpc) is 3.91. The molecule has 0 saturated carbocycles. The van der Waals surface area contributed by atoms with Crippen molar-refractivity contribution in [3.8, 4) is 55.9 Å². The molecule has 0 aliphatic carbocycles. The third-order valence-corrected chi connectivity index (χ3v) is 15.3. The van der Waals surface area contributed by atoms with E-state index in [4.69, 9.17) is 0 Å². The van der Waals surface area contributed by atoms with Gasteiger partial charge in [-0.1, -0.05) is 184 Å². The third kappa shape index (κ3) is 6.21. The smallest absolute Gasteiger partial charge is 0.141 e. The number of hydrogen-bond donors (Lipinski definition) is 0. The fourth-order valence-electron chi connectivity index (χ4n) is 11.5. The lowest BCUT2D eigenvalue weighted by molar-refractivity contribution is 1.18. The second-order valence-electron chi connectivity index (χ2n) is 18.6. The molecule has 0 unspecified atom stereocenters. The molecule has 0 atom stereocenters. The van der Waals surface area contributed by atoms with Gasteiger partial charge in [0, 0.05) is 38.3 Å². The lowest BCUT2D eigenvalue weighted by Gasteiger charge is -2.20. The first-order valence-corrected chi connectivity index (χ1v) is 23.6. The Kier molecular flexibility index (Phi) is 9.69. The highest BCUT2D eigenvalue weighted by Gasteiger charge is 2.26. The minimum absolute atomic E-state index is 1.15. The van der Waals surface area contributed by atoms with Gasteiger partial charge in [-0.2, -0.15) is 0 Å². The zero-order chi connectivity index (χ0) is 45.7. The largest absolute Gasteiger partial charge is 0.310 e. The number of aromatic nitrogens is 2. The number of rotatable bonds is 6. The summed E-state index contributed by atoms with van der Waals surface area (Å²) in [5, 5.41) is 7.74. The minimum Gasteiger partial charge on any atom is -0.310 e. The van der Waals surface area contributed by atoms with Crippen LogP contribution in [0.1, 0.15) is 0 Å². The summed E-state index contributed by atoms with van der Waals surface area (Å²) in [4.78, 5) is 0. The molecule has 308 valence electrons. The van der Waals surface area contributed by atoms with Crippen LogP contribution < -0.4 is 38.2 Å². The summed E-state index contributed by atoms with van der Waals surface area (Å²) in [5.74, 6) is 0. The van der Waals surface area contributed by atoms with Crippen molar-refractivity contribution in [2.24, 2.45) is 0 Å².